The Morgan fingerprint density at radius 1 is 0.711 bits per heavy atom. The van der Waals surface area contributed by atoms with Crippen LogP contribution in [-0.4, -0.2) is 143 Å². The van der Waals surface area contributed by atoms with Crippen LogP contribution in [-0.2, 0) is 60.8 Å². The first-order valence-electron chi connectivity index (χ1n) is 24.8. The maximum absolute atomic E-state index is 14.6. The van der Waals surface area contributed by atoms with Crippen molar-refractivity contribution in [2.45, 2.75) is 126 Å². The molecular formula is C49H70N16O11. The Bertz CT molecular complexity index is 2560. The second kappa shape index (κ2) is 30.4. The van der Waals surface area contributed by atoms with Gasteiger partial charge in [0.05, 0.1) is 0 Å². The molecule has 4 rings (SSSR count). The van der Waals surface area contributed by atoms with Gasteiger partial charge in [-0.15, -0.1) is 0 Å². The SMILES string of the molecule is CC(=O)N[C@@H](CCCNC(=N)N)C(=O)N[C@H]1CCCNC(=O)CC[C@@H](C(=O)O)NC(=O)[C@H](Cc2c[nH]c3ccccc23)NC(=O)[C@H](CCCNC(=N)N)NC(=O)[C@@H](Cc2ccccc2)NC(=O)[C@H](CCC(N)=O)NC1=O. The molecule has 3 aromatic rings. The van der Waals surface area contributed by atoms with E-state index in [1.54, 1.807) is 60.8 Å². The van der Waals surface area contributed by atoms with Crippen LogP contribution in [0.5, 0.6) is 0 Å². The predicted molar refractivity (Wildman–Crippen MR) is 277 cm³/mol. The number of H-pyrrole nitrogens is 1. The zero-order valence-corrected chi connectivity index (χ0v) is 42.2. The highest BCUT2D eigenvalue weighted by Gasteiger charge is 2.35. The molecule has 1 saturated heterocycles. The summed E-state index contributed by atoms with van der Waals surface area (Å²) in [5.41, 5.74) is 18.2. The van der Waals surface area contributed by atoms with E-state index < -0.39 is 121 Å². The fraction of sp³-hybridized carbons (Fsp3) is 0.469. The highest BCUT2D eigenvalue weighted by molar-refractivity contribution is 5.98. The van der Waals surface area contributed by atoms with Crippen LogP contribution in [0.3, 0.4) is 0 Å². The van der Waals surface area contributed by atoms with Crippen molar-refractivity contribution < 1.29 is 53.1 Å². The fourth-order valence-corrected chi connectivity index (χ4v) is 8.24. The first-order valence-corrected chi connectivity index (χ1v) is 24.8. The van der Waals surface area contributed by atoms with Gasteiger partial charge >= 0.3 is 5.97 Å². The molecule has 1 fully saturated rings. The van der Waals surface area contributed by atoms with Crippen molar-refractivity contribution in [1.82, 2.24) is 58.2 Å². The standard InChI is InChI=1S/C49H70N16O11/c1-27(66)59-32(14-8-22-56-48(51)52)41(69)60-33-15-7-21-55-40(68)20-18-36(47(75)76)63-46(74)38(25-29-26-58-31-13-6-5-12-30(29)31)65-43(71)34(16-9-23-57-49(53)54)61-45(73)37(24-28-10-3-2-4-11-28)64-44(72)35(62-42(33)70)17-19-39(50)67/h2-6,10-13,26,32-38,58H,7-9,14-25H2,1H3,(H2,50,67)(H,55,68)(H,59,66)(H,60,69)(H,61,73)(H,62,70)(H,63,74)(H,64,72)(H,65,71)(H,75,76)(H4,51,52,56)(H4,53,54,57)/t32-,33-,34-,35-,36-,37+,38-/m0/s1. The highest BCUT2D eigenvalue weighted by Crippen LogP contribution is 2.20. The number of carbonyl (C=O) groups is 10. The van der Waals surface area contributed by atoms with E-state index in [1.165, 1.54) is 6.92 Å². The first kappa shape index (κ1) is 59.8. The summed E-state index contributed by atoms with van der Waals surface area (Å²) in [6, 6.07) is 5.37. The summed E-state index contributed by atoms with van der Waals surface area (Å²) in [5, 5.41) is 51.9. The smallest absolute Gasteiger partial charge is 0.326 e. The van der Waals surface area contributed by atoms with Gasteiger partial charge < -0.3 is 80.5 Å². The Morgan fingerprint density at radius 3 is 1.93 bits per heavy atom. The quantitative estimate of drug-likeness (QED) is 0.0322. The highest BCUT2D eigenvalue weighted by atomic mass is 16.4. The van der Waals surface area contributed by atoms with E-state index >= 15 is 0 Å². The van der Waals surface area contributed by atoms with Gasteiger partial charge in [-0.25, -0.2) is 4.79 Å². The third-order valence-electron chi connectivity index (χ3n) is 12.2. The van der Waals surface area contributed by atoms with Crippen LogP contribution in [0.15, 0.2) is 60.8 Å². The topological polar surface area (TPSA) is 453 Å². The van der Waals surface area contributed by atoms with E-state index in [0.29, 0.717) is 22.0 Å². The predicted octanol–water partition coefficient (Wildman–Crippen LogP) is -3.07. The van der Waals surface area contributed by atoms with Gasteiger partial charge in [-0.3, -0.25) is 54.0 Å². The molecule has 0 aliphatic carbocycles. The number of benzene rings is 2. The summed E-state index contributed by atoms with van der Waals surface area (Å²) < 4.78 is 0. The molecule has 0 saturated carbocycles. The minimum absolute atomic E-state index is 0.00913. The molecule has 2 aromatic carbocycles. The monoisotopic (exact) mass is 1060 g/mol. The molecular weight excluding hydrogens is 989 g/mol. The lowest BCUT2D eigenvalue weighted by Crippen LogP contribution is -2.60. The maximum atomic E-state index is 14.6. The van der Waals surface area contributed by atoms with E-state index in [4.69, 9.17) is 28.0 Å². The van der Waals surface area contributed by atoms with Crippen LogP contribution in [0.1, 0.15) is 82.3 Å². The number of hydrogen-bond donors (Lipinski definition) is 17. The number of guanidine groups is 2. The number of hydrogen-bond acceptors (Lipinski definition) is 12. The van der Waals surface area contributed by atoms with Crippen LogP contribution in [0.2, 0.25) is 0 Å². The average molecular weight is 1060 g/mol. The molecule has 0 bridgehead atoms. The first-order chi connectivity index (χ1) is 36.2. The van der Waals surface area contributed by atoms with Crippen LogP contribution in [0.25, 0.3) is 10.9 Å². The van der Waals surface area contributed by atoms with Crippen LogP contribution in [0, 0.1) is 10.8 Å². The molecule has 9 amide bonds. The molecule has 7 atom stereocenters. The third-order valence-corrected chi connectivity index (χ3v) is 12.2. The van der Waals surface area contributed by atoms with Gasteiger partial charge in [0.2, 0.25) is 53.2 Å². The number of fused-ring (bicyclic) bond motifs is 1. The molecule has 412 valence electrons. The zero-order chi connectivity index (χ0) is 55.7. The van der Waals surface area contributed by atoms with E-state index in [0.717, 1.165) is 0 Å². The molecule has 20 N–H and O–H groups in total. The number of rotatable bonds is 19. The lowest BCUT2D eigenvalue weighted by molar-refractivity contribution is -0.142. The molecule has 0 unspecified atom stereocenters. The third kappa shape index (κ3) is 20.6. The van der Waals surface area contributed by atoms with Gasteiger partial charge in [0.1, 0.15) is 42.3 Å². The van der Waals surface area contributed by atoms with Gasteiger partial charge in [0.15, 0.2) is 11.9 Å². The lowest BCUT2D eigenvalue weighted by Gasteiger charge is -2.28. The van der Waals surface area contributed by atoms with Gasteiger partial charge in [0, 0.05) is 69.3 Å². The normalized spacial score (nSPS) is 20.9. The van der Waals surface area contributed by atoms with E-state index in [2.05, 4.69) is 58.2 Å². The number of aromatic amines is 1. The van der Waals surface area contributed by atoms with Crippen molar-refractivity contribution in [2.75, 3.05) is 19.6 Å². The minimum Gasteiger partial charge on any atom is -0.480 e. The number of nitrogens with one attached hydrogen (secondary N) is 13. The Labute approximate surface area is 437 Å². The van der Waals surface area contributed by atoms with Crippen molar-refractivity contribution in [1.29, 1.82) is 10.8 Å². The van der Waals surface area contributed by atoms with E-state index in [1.807, 2.05) is 0 Å². The Hall–Kier alpha value is -8.78. The molecule has 0 radical (unpaired) electrons. The zero-order valence-electron chi connectivity index (χ0n) is 42.2. The fourth-order valence-electron chi connectivity index (χ4n) is 8.24. The number of carbonyl (C=O) groups excluding carboxylic acids is 9. The molecule has 27 nitrogen and oxygen atoms in total. The Kier molecular flexibility index (Phi) is 23.9. The number of primary amides is 1. The number of para-hydroxylation sites is 1. The molecule has 27 heteroatoms. The summed E-state index contributed by atoms with van der Waals surface area (Å²) in [7, 11) is 0. The number of nitrogens with two attached hydrogens (primary N) is 3. The van der Waals surface area contributed by atoms with Crippen molar-refractivity contribution in [3.63, 3.8) is 0 Å². The van der Waals surface area contributed by atoms with Gasteiger partial charge in [-0.1, -0.05) is 48.5 Å². The Morgan fingerprint density at radius 2 is 1.29 bits per heavy atom. The molecule has 76 heavy (non-hydrogen) atoms. The Balaban J connectivity index is 1.78. The van der Waals surface area contributed by atoms with Crippen molar-refractivity contribution in [2.24, 2.45) is 17.2 Å². The lowest BCUT2D eigenvalue weighted by atomic mass is 10.0. The maximum Gasteiger partial charge on any atom is 0.326 e. The van der Waals surface area contributed by atoms with Crippen LogP contribution >= 0.6 is 0 Å². The van der Waals surface area contributed by atoms with Gasteiger partial charge in [-0.05, 0) is 68.6 Å². The van der Waals surface area contributed by atoms with E-state index in [-0.39, 0.29) is 89.3 Å². The largest absolute Gasteiger partial charge is 0.480 e. The van der Waals surface area contributed by atoms with E-state index in [9.17, 15) is 53.1 Å². The number of aromatic nitrogens is 1. The number of carboxylic acids is 1. The minimum atomic E-state index is -1.63. The number of carboxylic acid groups (broad SMARTS) is 1. The molecule has 2 heterocycles. The molecule has 1 aliphatic rings. The van der Waals surface area contributed by atoms with Crippen LogP contribution in [0.4, 0.5) is 0 Å². The van der Waals surface area contributed by atoms with Crippen molar-refractivity contribution in [3.05, 3.63) is 71.9 Å². The van der Waals surface area contributed by atoms with Crippen LogP contribution < -0.4 is 70.4 Å². The molecule has 1 aromatic heterocycles. The summed E-state index contributed by atoms with van der Waals surface area (Å²) in [4.78, 5) is 139. The van der Waals surface area contributed by atoms with Gasteiger partial charge in [0.25, 0.3) is 0 Å². The van der Waals surface area contributed by atoms with Crippen molar-refractivity contribution >= 4 is 82.0 Å². The molecule has 0 spiro atoms. The summed E-state index contributed by atoms with van der Waals surface area (Å²) in [6.45, 7) is 1.31. The van der Waals surface area contributed by atoms with Gasteiger partial charge in [-0.2, -0.15) is 0 Å². The second-order valence-electron chi connectivity index (χ2n) is 18.2. The summed E-state index contributed by atoms with van der Waals surface area (Å²) in [6.07, 6.45) is -0.220. The van der Waals surface area contributed by atoms with Crippen molar-refractivity contribution in [3.8, 4) is 0 Å². The summed E-state index contributed by atoms with van der Waals surface area (Å²) >= 11 is 0. The number of amides is 9. The number of aliphatic carboxylic acids is 1. The summed E-state index contributed by atoms with van der Waals surface area (Å²) in [5.74, 6) is -9.65. The second-order valence-corrected chi connectivity index (χ2v) is 18.2. The average Bonchev–Trinajstić information content (AvgIpc) is 3.78. The molecule has 1 aliphatic heterocycles.